The number of nitrogens with one attached hydrogen (secondary N) is 1. The number of rotatable bonds is 5. The van der Waals surface area contributed by atoms with Crippen LogP contribution in [0, 0.1) is 23.6 Å². The first-order valence-electron chi connectivity index (χ1n) is 8.83. The Labute approximate surface area is 142 Å². The van der Waals surface area contributed by atoms with Gasteiger partial charge in [-0.1, -0.05) is 36.4 Å². The quantitative estimate of drug-likeness (QED) is 0.844. The Hall–Kier alpha value is -1.94. The molecule has 1 aromatic carbocycles. The maximum absolute atomic E-state index is 12.9. The summed E-state index contributed by atoms with van der Waals surface area (Å²) in [5.41, 5.74) is 1.16. The van der Waals surface area contributed by atoms with Crippen molar-refractivity contribution in [1.29, 1.82) is 0 Å². The molecule has 0 saturated carbocycles. The number of hydrogen-bond donors (Lipinski definition) is 1. The number of allylic oxidation sites excluding steroid dienone is 4. The van der Waals surface area contributed by atoms with E-state index >= 15 is 0 Å². The van der Waals surface area contributed by atoms with Crippen molar-refractivity contribution in [1.82, 2.24) is 10.2 Å². The van der Waals surface area contributed by atoms with Gasteiger partial charge >= 0.3 is 0 Å². The SMILES string of the molecule is O=C(N[C@H]1CCN(CCc2ccc(F)cc2)C1)C1C2C=CC1C=C2. The first kappa shape index (κ1) is 15.6. The molecule has 126 valence electrons. The topological polar surface area (TPSA) is 32.3 Å². The summed E-state index contributed by atoms with van der Waals surface area (Å²) in [5.74, 6) is 0.688. The van der Waals surface area contributed by atoms with Crippen LogP contribution in [0.25, 0.3) is 0 Å². The Balaban J connectivity index is 1.23. The minimum Gasteiger partial charge on any atom is -0.352 e. The lowest BCUT2D eigenvalue weighted by Gasteiger charge is -2.20. The van der Waals surface area contributed by atoms with Crippen molar-refractivity contribution in [2.24, 2.45) is 17.8 Å². The lowest BCUT2D eigenvalue weighted by atomic mass is 9.94. The van der Waals surface area contributed by atoms with Gasteiger partial charge in [-0.3, -0.25) is 4.79 Å². The molecule has 4 heteroatoms. The van der Waals surface area contributed by atoms with Crippen LogP contribution in [0.4, 0.5) is 4.39 Å². The molecule has 1 amide bonds. The number of fused-ring (bicyclic) bond motifs is 2. The Bertz CT molecular complexity index is 637. The molecular formula is C20H23FN2O. The molecule has 1 atom stereocenters. The van der Waals surface area contributed by atoms with Gasteiger partial charge in [0.05, 0.1) is 5.92 Å². The minimum absolute atomic E-state index is 0.0817. The van der Waals surface area contributed by atoms with E-state index in [1.54, 1.807) is 0 Å². The molecule has 2 aliphatic carbocycles. The van der Waals surface area contributed by atoms with Crippen LogP contribution in [-0.4, -0.2) is 36.5 Å². The van der Waals surface area contributed by atoms with Gasteiger partial charge < -0.3 is 10.2 Å². The highest BCUT2D eigenvalue weighted by molar-refractivity contribution is 5.82. The Morgan fingerprint density at radius 3 is 2.46 bits per heavy atom. The molecule has 3 nitrogen and oxygen atoms in total. The normalized spacial score (nSPS) is 31.0. The van der Waals surface area contributed by atoms with E-state index in [1.807, 2.05) is 12.1 Å². The maximum Gasteiger partial charge on any atom is 0.225 e. The lowest BCUT2D eigenvalue weighted by molar-refractivity contribution is -0.126. The number of likely N-dealkylation sites (tertiary alicyclic amines) is 1. The average molecular weight is 326 g/mol. The smallest absolute Gasteiger partial charge is 0.225 e. The molecular weight excluding hydrogens is 303 g/mol. The first-order chi connectivity index (χ1) is 11.7. The lowest BCUT2D eigenvalue weighted by Crippen LogP contribution is -2.42. The van der Waals surface area contributed by atoms with Gasteiger partial charge in [-0.05, 0) is 30.5 Å². The number of carbonyl (C=O) groups excluding carboxylic acids is 1. The van der Waals surface area contributed by atoms with Crippen molar-refractivity contribution in [2.75, 3.05) is 19.6 Å². The number of carbonyl (C=O) groups is 1. The number of nitrogens with zero attached hydrogens (tertiary/aromatic N) is 1. The fourth-order valence-corrected chi connectivity index (χ4v) is 4.12. The van der Waals surface area contributed by atoms with Gasteiger partial charge in [0.2, 0.25) is 5.91 Å². The molecule has 3 aliphatic rings. The van der Waals surface area contributed by atoms with Crippen LogP contribution in [0.1, 0.15) is 12.0 Å². The van der Waals surface area contributed by atoms with E-state index in [2.05, 4.69) is 34.5 Å². The van der Waals surface area contributed by atoms with Gasteiger partial charge in [-0.25, -0.2) is 4.39 Å². The standard InChI is InChI=1S/C20H23FN2O/c21-17-7-1-14(2-8-17)9-11-23-12-10-18(13-23)22-20(24)19-15-3-4-16(19)6-5-15/h1-8,15-16,18-19H,9-13H2,(H,22,24)/t15?,16?,18-,19?/m0/s1. The second-order valence-electron chi connectivity index (χ2n) is 7.12. The molecule has 1 heterocycles. The molecule has 0 radical (unpaired) electrons. The molecule has 2 bridgehead atoms. The predicted octanol–water partition coefficient (Wildman–Crippen LogP) is 2.55. The molecule has 0 aromatic heterocycles. The second kappa shape index (κ2) is 6.52. The second-order valence-corrected chi connectivity index (χ2v) is 7.12. The zero-order valence-corrected chi connectivity index (χ0v) is 13.7. The summed E-state index contributed by atoms with van der Waals surface area (Å²) in [6.45, 7) is 2.88. The molecule has 0 unspecified atom stereocenters. The minimum atomic E-state index is -0.187. The van der Waals surface area contributed by atoms with Gasteiger partial charge in [0.15, 0.2) is 0 Å². The van der Waals surface area contributed by atoms with Gasteiger partial charge in [0.1, 0.15) is 5.82 Å². The van der Waals surface area contributed by atoms with Crippen LogP contribution in [0.2, 0.25) is 0 Å². The molecule has 24 heavy (non-hydrogen) atoms. The van der Waals surface area contributed by atoms with E-state index in [1.165, 1.54) is 12.1 Å². The Kier molecular flexibility index (Phi) is 4.23. The molecule has 1 N–H and O–H groups in total. The zero-order valence-electron chi connectivity index (χ0n) is 13.7. The highest BCUT2D eigenvalue weighted by Gasteiger charge is 2.39. The maximum atomic E-state index is 12.9. The van der Waals surface area contributed by atoms with Crippen LogP contribution in [-0.2, 0) is 11.2 Å². The fourth-order valence-electron chi connectivity index (χ4n) is 4.12. The van der Waals surface area contributed by atoms with Crippen LogP contribution in [0.15, 0.2) is 48.6 Å². The van der Waals surface area contributed by atoms with E-state index in [0.717, 1.165) is 38.0 Å². The number of halogens is 1. The monoisotopic (exact) mass is 326 g/mol. The van der Waals surface area contributed by atoms with Gasteiger partial charge in [0.25, 0.3) is 0 Å². The predicted molar refractivity (Wildman–Crippen MR) is 91.8 cm³/mol. The highest BCUT2D eigenvalue weighted by atomic mass is 19.1. The summed E-state index contributed by atoms with van der Waals surface area (Å²) in [6.07, 6.45) is 10.5. The van der Waals surface area contributed by atoms with Crippen molar-refractivity contribution >= 4 is 5.91 Å². The molecule has 1 aromatic rings. The van der Waals surface area contributed by atoms with Gasteiger partial charge in [-0.15, -0.1) is 0 Å². The van der Waals surface area contributed by atoms with Gasteiger partial charge in [-0.2, -0.15) is 0 Å². The third-order valence-electron chi connectivity index (χ3n) is 5.49. The van der Waals surface area contributed by atoms with Crippen LogP contribution >= 0.6 is 0 Å². The fraction of sp³-hybridized carbons (Fsp3) is 0.450. The Morgan fingerprint density at radius 2 is 1.79 bits per heavy atom. The summed E-state index contributed by atoms with van der Waals surface area (Å²) in [4.78, 5) is 14.9. The van der Waals surface area contributed by atoms with Crippen molar-refractivity contribution in [3.63, 3.8) is 0 Å². The van der Waals surface area contributed by atoms with Crippen LogP contribution in [0.3, 0.4) is 0 Å². The molecule has 4 rings (SSSR count). The van der Waals surface area contributed by atoms with Crippen molar-refractivity contribution in [2.45, 2.75) is 18.9 Å². The van der Waals surface area contributed by atoms with E-state index < -0.39 is 0 Å². The van der Waals surface area contributed by atoms with E-state index in [4.69, 9.17) is 0 Å². The summed E-state index contributed by atoms with van der Waals surface area (Å²) in [7, 11) is 0. The molecule has 1 aliphatic heterocycles. The summed E-state index contributed by atoms with van der Waals surface area (Å²) in [6, 6.07) is 6.98. The highest BCUT2D eigenvalue weighted by Crippen LogP contribution is 2.39. The molecule has 0 spiro atoms. The first-order valence-corrected chi connectivity index (χ1v) is 8.83. The molecule has 1 fully saturated rings. The van der Waals surface area contributed by atoms with Crippen molar-refractivity contribution < 1.29 is 9.18 Å². The molecule has 1 saturated heterocycles. The summed E-state index contributed by atoms with van der Waals surface area (Å²) in [5, 5.41) is 3.25. The third kappa shape index (κ3) is 3.16. The zero-order chi connectivity index (χ0) is 16.5. The van der Waals surface area contributed by atoms with E-state index in [9.17, 15) is 9.18 Å². The van der Waals surface area contributed by atoms with Crippen molar-refractivity contribution in [3.05, 3.63) is 60.0 Å². The average Bonchev–Trinajstić information content (AvgIpc) is 3.30. The number of amides is 1. The van der Waals surface area contributed by atoms with E-state index in [-0.39, 0.29) is 23.7 Å². The third-order valence-corrected chi connectivity index (χ3v) is 5.49. The largest absolute Gasteiger partial charge is 0.352 e. The van der Waals surface area contributed by atoms with E-state index in [0.29, 0.717) is 11.8 Å². The Morgan fingerprint density at radius 1 is 1.12 bits per heavy atom. The summed E-state index contributed by atoms with van der Waals surface area (Å²) < 4.78 is 12.9. The van der Waals surface area contributed by atoms with Crippen LogP contribution < -0.4 is 5.32 Å². The number of hydrogen-bond acceptors (Lipinski definition) is 2. The van der Waals surface area contributed by atoms with Gasteiger partial charge in [0, 0.05) is 37.5 Å². The van der Waals surface area contributed by atoms with Crippen LogP contribution in [0.5, 0.6) is 0 Å². The summed E-state index contributed by atoms with van der Waals surface area (Å²) >= 11 is 0. The number of benzene rings is 1. The van der Waals surface area contributed by atoms with Crippen molar-refractivity contribution in [3.8, 4) is 0 Å².